The largest absolute Gasteiger partial charge is 0.492 e. The van der Waals surface area contributed by atoms with Crippen LogP contribution in [-0.4, -0.2) is 13.2 Å². The van der Waals surface area contributed by atoms with Crippen molar-refractivity contribution in [3.8, 4) is 5.75 Å². The first-order valence-corrected chi connectivity index (χ1v) is 8.69. The minimum atomic E-state index is 0.262. The van der Waals surface area contributed by atoms with E-state index >= 15 is 0 Å². The van der Waals surface area contributed by atoms with Crippen molar-refractivity contribution in [3.63, 3.8) is 0 Å². The summed E-state index contributed by atoms with van der Waals surface area (Å²) < 4.78 is 5.52. The summed E-state index contributed by atoms with van der Waals surface area (Å²) in [5, 5.41) is 5.02. The molecule has 21 heavy (non-hydrogen) atoms. The van der Waals surface area contributed by atoms with Crippen LogP contribution in [-0.2, 0) is 0 Å². The van der Waals surface area contributed by atoms with Gasteiger partial charge in [0.2, 0.25) is 0 Å². The van der Waals surface area contributed by atoms with Gasteiger partial charge in [-0.1, -0.05) is 37.0 Å². The smallest absolute Gasteiger partial charge is 0.139 e. The highest BCUT2D eigenvalue weighted by molar-refractivity contribution is 6.34. The Labute approximate surface area is 138 Å². The molecule has 2 rings (SSSR count). The summed E-state index contributed by atoms with van der Waals surface area (Å²) in [4.78, 5) is 0. The monoisotopic (exact) mass is 329 g/mol. The van der Waals surface area contributed by atoms with Crippen LogP contribution in [0.25, 0.3) is 0 Å². The van der Waals surface area contributed by atoms with E-state index in [0.29, 0.717) is 23.3 Å². The van der Waals surface area contributed by atoms with Crippen LogP contribution in [0.4, 0.5) is 0 Å². The van der Waals surface area contributed by atoms with E-state index in [9.17, 15) is 0 Å². The predicted octanol–water partition coefficient (Wildman–Crippen LogP) is 5.48. The van der Waals surface area contributed by atoms with Crippen LogP contribution in [0.1, 0.15) is 51.6 Å². The zero-order valence-electron chi connectivity index (χ0n) is 13.1. The summed E-state index contributed by atoms with van der Waals surface area (Å²) in [6.45, 7) is 8.01. The van der Waals surface area contributed by atoms with Gasteiger partial charge >= 0.3 is 0 Å². The number of rotatable bonds is 8. The van der Waals surface area contributed by atoms with E-state index in [1.165, 1.54) is 12.8 Å². The molecule has 118 valence electrons. The van der Waals surface area contributed by atoms with Crippen LogP contribution in [0.5, 0.6) is 5.75 Å². The summed E-state index contributed by atoms with van der Waals surface area (Å²) in [7, 11) is 0. The Bertz CT molecular complexity index is 474. The van der Waals surface area contributed by atoms with Gasteiger partial charge in [0.15, 0.2) is 0 Å². The van der Waals surface area contributed by atoms with Crippen LogP contribution in [0.2, 0.25) is 10.0 Å². The van der Waals surface area contributed by atoms with E-state index < -0.39 is 0 Å². The van der Waals surface area contributed by atoms with Crippen LogP contribution < -0.4 is 10.1 Å². The SMILES string of the molecule is CCCNC(c1cc(Cl)c(OCC)cc1Cl)C(C)C1CC1. The average molecular weight is 330 g/mol. The van der Waals surface area contributed by atoms with Crippen molar-refractivity contribution in [2.45, 2.75) is 46.1 Å². The van der Waals surface area contributed by atoms with Gasteiger partial charge in [-0.15, -0.1) is 0 Å². The van der Waals surface area contributed by atoms with Crippen LogP contribution >= 0.6 is 23.2 Å². The summed E-state index contributed by atoms with van der Waals surface area (Å²) in [6.07, 6.45) is 3.76. The predicted molar refractivity (Wildman–Crippen MR) is 90.6 cm³/mol. The van der Waals surface area contributed by atoms with Gasteiger partial charge in [0, 0.05) is 17.1 Å². The van der Waals surface area contributed by atoms with Gasteiger partial charge in [-0.25, -0.2) is 0 Å². The van der Waals surface area contributed by atoms with Crippen LogP contribution in [0.15, 0.2) is 12.1 Å². The minimum absolute atomic E-state index is 0.262. The molecule has 1 aliphatic rings. The molecule has 0 saturated heterocycles. The highest BCUT2D eigenvalue weighted by Crippen LogP contribution is 2.45. The molecule has 2 unspecified atom stereocenters. The second-order valence-corrected chi connectivity index (χ2v) is 6.68. The van der Waals surface area contributed by atoms with Crippen LogP contribution in [0, 0.1) is 11.8 Å². The Morgan fingerprint density at radius 3 is 2.52 bits per heavy atom. The first kappa shape index (κ1) is 16.9. The molecule has 0 bridgehead atoms. The summed E-state index contributed by atoms with van der Waals surface area (Å²) in [5.41, 5.74) is 1.10. The van der Waals surface area contributed by atoms with Gasteiger partial charge < -0.3 is 10.1 Å². The Morgan fingerprint density at radius 1 is 1.24 bits per heavy atom. The molecule has 4 heteroatoms. The highest BCUT2D eigenvalue weighted by Gasteiger charge is 2.34. The molecule has 0 aromatic heterocycles. The molecular weight excluding hydrogens is 305 g/mol. The fraction of sp³-hybridized carbons (Fsp3) is 0.647. The molecule has 1 N–H and O–H groups in total. The molecule has 2 nitrogen and oxygen atoms in total. The summed E-state index contributed by atoms with van der Waals surface area (Å²) in [5.74, 6) is 2.05. The van der Waals surface area contributed by atoms with Crippen molar-refractivity contribution in [3.05, 3.63) is 27.7 Å². The second-order valence-electron chi connectivity index (χ2n) is 5.87. The van der Waals surface area contributed by atoms with E-state index in [1.54, 1.807) is 0 Å². The van der Waals surface area contributed by atoms with Crippen molar-refractivity contribution >= 4 is 23.2 Å². The van der Waals surface area contributed by atoms with Gasteiger partial charge in [-0.3, -0.25) is 0 Å². The minimum Gasteiger partial charge on any atom is -0.492 e. The summed E-state index contributed by atoms with van der Waals surface area (Å²) in [6, 6.07) is 4.09. The normalized spacial score (nSPS) is 17.6. The van der Waals surface area contributed by atoms with E-state index in [2.05, 4.69) is 19.2 Å². The lowest BCUT2D eigenvalue weighted by Gasteiger charge is -2.27. The Kier molecular flexibility index (Phi) is 6.21. The molecule has 1 saturated carbocycles. The average Bonchev–Trinajstić information content (AvgIpc) is 3.28. The lowest BCUT2D eigenvalue weighted by Crippen LogP contribution is -2.29. The number of ether oxygens (including phenoxy) is 1. The number of benzene rings is 1. The zero-order chi connectivity index (χ0) is 15.4. The lowest BCUT2D eigenvalue weighted by molar-refractivity contribution is 0.337. The first-order valence-electron chi connectivity index (χ1n) is 7.93. The van der Waals surface area contributed by atoms with Crippen molar-refractivity contribution < 1.29 is 4.74 Å². The molecule has 1 aliphatic carbocycles. The fourth-order valence-corrected chi connectivity index (χ4v) is 3.32. The van der Waals surface area contributed by atoms with Crippen molar-refractivity contribution in [1.29, 1.82) is 0 Å². The molecular formula is C17H25Cl2NO. The Balaban J connectivity index is 2.27. The molecule has 0 radical (unpaired) electrons. The molecule has 0 aliphatic heterocycles. The number of nitrogens with one attached hydrogen (secondary N) is 1. The maximum absolute atomic E-state index is 6.50. The van der Waals surface area contributed by atoms with Gasteiger partial charge in [0.1, 0.15) is 5.75 Å². The molecule has 2 atom stereocenters. The Hall–Kier alpha value is -0.440. The molecule has 1 fully saturated rings. The topological polar surface area (TPSA) is 21.3 Å². The maximum atomic E-state index is 6.50. The standard InChI is InChI=1S/C17H25Cl2NO/c1-4-8-20-17(11(3)12-6-7-12)13-9-15(19)16(21-5-2)10-14(13)18/h9-12,17,20H,4-8H2,1-3H3. The van der Waals surface area contributed by atoms with E-state index in [4.69, 9.17) is 27.9 Å². The molecule has 0 amide bonds. The number of halogens is 2. The number of hydrogen-bond acceptors (Lipinski definition) is 2. The molecule has 1 aromatic rings. The lowest BCUT2D eigenvalue weighted by atomic mass is 9.90. The van der Waals surface area contributed by atoms with Crippen LogP contribution in [0.3, 0.4) is 0 Å². The zero-order valence-corrected chi connectivity index (χ0v) is 14.6. The maximum Gasteiger partial charge on any atom is 0.139 e. The summed E-state index contributed by atoms with van der Waals surface area (Å²) >= 11 is 12.8. The third kappa shape index (κ3) is 4.28. The highest BCUT2D eigenvalue weighted by atomic mass is 35.5. The van der Waals surface area contributed by atoms with E-state index in [1.807, 2.05) is 19.1 Å². The second kappa shape index (κ2) is 7.71. The van der Waals surface area contributed by atoms with Crippen molar-refractivity contribution in [2.75, 3.05) is 13.2 Å². The van der Waals surface area contributed by atoms with Crippen molar-refractivity contribution in [2.24, 2.45) is 11.8 Å². The third-order valence-corrected chi connectivity index (χ3v) is 4.81. The van der Waals surface area contributed by atoms with E-state index in [-0.39, 0.29) is 6.04 Å². The van der Waals surface area contributed by atoms with Gasteiger partial charge in [0.25, 0.3) is 0 Å². The molecule has 0 heterocycles. The molecule has 1 aromatic carbocycles. The third-order valence-electron chi connectivity index (χ3n) is 4.19. The van der Waals surface area contributed by atoms with E-state index in [0.717, 1.165) is 29.5 Å². The number of hydrogen-bond donors (Lipinski definition) is 1. The van der Waals surface area contributed by atoms with Gasteiger partial charge in [0.05, 0.1) is 11.6 Å². The quantitative estimate of drug-likeness (QED) is 0.681. The van der Waals surface area contributed by atoms with Gasteiger partial charge in [-0.05, 0) is 56.2 Å². The fourth-order valence-electron chi connectivity index (χ4n) is 2.82. The first-order chi connectivity index (χ1) is 10.1. The Morgan fingerprint density at radius 2 is 1.95 bits per heavy atom. The van der Waals surface area contributed by atoms with Crippen molar-refractivity contribution in [1.82, 2.24) is 5.32 Å². The molecule has 0 spiro atoms. The van der Waals surface area contributed by atoms with Gasteiger partial charge in [-0.2, -0.15) is 0 Å².